The van der Waals surface area contributed by atoms with Gasteiger partial charge in [0.05, 0.1) is 5.56 Å². The summed E-state index contributed by atoms with van der Waals surface area (Å²) < 4.78 is 5.43. The lowest BCUT2D eigenvalue weighted by molar-refractivity contribution is 0.0696. The molecule has 0 saturated carbocycles. The highest BCUT2D eigenvalue weighted by Crippen LogP contribution is 2.36. The van der Waals surface area contributed by atoms with E-state index in [9.17, 15) is 4.79 Å². The minimum absolute atomic E-state index is 0.0440. The van der Waals surface area contributed by atoms with E-state index in [0.717, 1.165) is 5.56 Å². The van der Waals surface area contributed by atoms with Crippen LogP contribution in [0.4, 0.5) is 5.69 Å². The summed E-state index contributed by atoms with van der Waals surface area (Å²) in [5.74, 6) is 1.65. The maximum absolute atomic E-state index is 11.1. The number of terminal acetylenes is 1. The van der Waals surface area contributed by atoms with Gasteiger partial charge in [-0.1, -0.05) is 36.3 Å². The molecule has 0 aliphatic rings. The van der Waals surface area contributed by atoms with Crippen molar-refractivity contribution >= 4 is 11.7 Å². The van der Waals surface area contributed by atoms with Crippen molar-refractivity contribution in [3.8, 4) is 29.2 Å². The molecule has 2 aromatic carbocycles. The lowest BCUT2D eigenvalue weighted by atomic mass is 10.0. The second-order valence-corrected chi connectivity index (χ2v) is 4.10. The molecule has 0 amide bonds. The molecule has 20 heavy (non-hydrogen) atoms. The minimum Gasteiger partial charge on any atom is -0.480 e. The Morgan fingerprint density at radius 1 is 1.30 bits per heavy atom. The SMILES string of the molecule is C#CCOc1cc(C(=O)O)cc(N)c1-c1ccccc1. The number of carboxylic acids is 1. The standard InChI is InChI=1S/C16H13NO3/c1-2-8-20-14-10-12(16(18)19)9-13(17)15(14)11-6-4-3-5-7-11/h1,3-7,9-10H,8,17H2,(H,18,19). The fourth-order valence-electron chi connectivity index (χ4n) is 1.91. The number of anilines is 1. The Kier molecular flexibility index (Phi) is 3.92. The van der Waals surface area contributed by atoms with Gasteiger partial charge >= 0.3 is 5.97 Å². The molecule has 0 aliphatic heterocycles. The number of benzene rings is 2. The van der Waals surface area contributed by atoms with Gasteiger partial charge in [0.15, 0.2) is 0 Å². The van der Waals surface area contributed by atoms with Gasteiger partial charge in [-0.2, -0.15) is 0 Å². The summed E-state index contributed by atoms with van der Waals surface area (Å²) in [5, 5.41) is 9.07. The number of nitrogen functional groups attached to an aromatic ring is 1. The van der Waals surface area contributed by atoms with Crippen LogP contribution in [0.5, 0.6) is 5.75 Å². The zero-order chi connectivity index (χ0) is 14.5. The molecule has 0 fully saturated rings. The summed E-state index contributed by atoms with van der Waals surface area (Å²) in [6.45, 7) is 0.0440. The van der Waals surface area contributed by atoms with Crippen molar-refractivity contribution in [2.45, 2.75) is 0 Å². The summed E-state index contributed by atoms with van der Waals surface area (Å²) in [6.07, 6.45) is 5.18. The number of carbonyl (C=O) groups is 1. The Hall–Kier alpha value is -2.93. The second kappa shape index (κ2) is 5.81. The molecule has 2 aromatic rings. The second-order valence-electron chi connectivity index (χ2n) is 4.10. The average Bonchev–Trinajstić information content (AvgIpc) is 2.45. The van der Waals surface area contributed by atoms with Gasteiger partial charge in [-0.05, 0) is 17.7 Å². The Morgan fingerprint density at radius 3 is 2.60 bits per heavy atom. The van der Waals surface area contributed by atoms with Crippen LogP contribution in [0.2, 0.25) is 0 Å². The van der Waals surface area contributed by atoms with Gasteiger partial charge in [0, 0.05) is 11.3 Å². The molecular formula is C16H13NO3. The van der Waals surface area contributed by atoms with Crippen molar-refractivity contribution < 1.29 is 14.6 Å². The summed E-state index contributed by atoms with van der Waals surface area (Å²) in [7, 11) is 0. The molecule has 0 unspecified atom stereocenters. The molecule has 0 aliphatic carbocycles. The van der Waals surface area contributed by atoms with Crippen LogP contribution < -0.4 is 10.5 Å². The first-order chi connectivity index (χ1) is 9.63. The van der Waals surface area contributed by atoms with E-state index in [-0.39, 0.29) is 12.2 Å². The van der Waals surface area contributed by atoms with Crippen molar-refractivity contribution in [2.24, 2.45) is 0 Å². The van der Waals surface area contributed by atoms with Crippen molar-refractivity contribution in [3.63, 3.8) is 0 Å². The Morgan fingerprint density at radius 2 is 2.00 bits per heavy atom. The third kappa shape index (κ3) is 2.73. The normalized spacial score (nSPS) is 9.75. The lowest BCUT2D eigenvalue weighted by Gasteiger charge is -2.14. The fraction of sp³-hybridized carbons (Fsp3) is 0.0625. The fourth-order valence-corrected chi connectivity index (χ4v) is 1.91. The first-order valence-corrected chi connectivity index (χ1v) is 5.92. The third-order valence-corrected chi connectivity index (χ3v) is 2.75. The highest BCUT2D eigenvalue weighted by atomic mass is 16.5. The number of ether oxygens (including phenoxy) is 1. The Bertz CT molecular complexity index is 672. The van der Waals surface area contributed by atoms with Crippen LogP contribution in [0.3, 0.4) is 0 Å². The summed E-state index contributed by atoms with van der Waals surface area (Å²) in [6, 6.07) is 12.2. The topological polar surface area (TPSA) is 72.5 Å². The smallest absolute Gasteiger partial charge is 0.335 e. The van der Waals surface area contributed by atoms with Gasteiger partial charge in [0.1, 0.15) is 12.4 Å². The molecule has 3 N–H and O–H groups in total. The summed E-state index contributed by atoms with van der Waals surface area (Å²) in [5.41, 5.74) is 7.85. The van der Waals surface area contributed by atoms with Gasteiger partial charge in [0.2, 0.25) is 0 Å². The minimum atomic E-state index is -1.07. The number of hydrogen-bond acceptors (Lipinski definition) is 3. The zero-order valence-electron chi connectivity index (χ0n) is 10.7. The van der Waals surface area contributed by atoms with Gasteiger partial charge in [0.25, 0.3) is 0 Å². The van der Waals surface area contributed by atoms with Crippen LogP contribution in [0.1, 0.15) is 10.4 Å². The van der Waals surface area contributed by atoms with E-state index in [0.29, 0.717) is 17.0 Å². The van der Waals surface area contributed by atoms with E-state index >= 15 is 0 Å². The van der Waals surface area contributed by atoms with E-state index < -0.39 is 5.97 Å². The maximum atomic E-state index is 11.1. The number of carboxylic acid groups (broad SMARTS) is 1. The molecule has 2 rings (SSSR count). The average molecular weight is 267 g/mol. The molecule has 0 spiro atoms. The van der Waals surface area contributed by atoms with Gasteiger partial charge in [-0.25, -0.2) is 4.79 Å². The van der Waals surface area contributed by atoms with Crippen molar-refractivity contribution in [2.75, 3.05) is 12.3 Å². The number of nitrogens with two attached hydrogens (primary N) is 1. The lowest BCUT2D eigenvalue weighted by Crippen LogP contribution is -2.04. The molecular weight excluding hydrogens is 254 g/mol. The van der Waals surface area contributed by atoms with Gasteiger partial charge in [-0.3, -0.25) is 0 Å². The monoisotopic (exact) mass is 267 g/mol. The van der Waals surface area contributed by atoms with Gasteiger partial charge in [-0.15, -0.1) is 6.42 Å². The Labute approximate surface area is 116 Å². The van der Waals surface area contributed by atoms with E-state index in [2.05, 4.69) is 5.92 Å². The Balaban J connectivity index is 2.60. The van der Waals surface area contributed by atoms with Crippen LogP contribution in [-0.4, -0.2) is 17.7 Å². The third-order valence-electron chi connectivity index (χ3n) is 2.75. The molecule has 0 radical (unpaired) electrons. The van der Waals surface area contributed by atoms with Crippen molar-refractivity contribution in [1.29, 1.82) is 0 Å². The number of rotatable bonds is 4. The van der Waals surface area contributed by atoms with Crippen molar-refractivity contribution in [1.82, 2.24) is 0 Å². The largest absolute Gasteiger partial charge is 0.480 e. The molecule has 0 saturated heterocycles. The molecule has 0 heterocycles. The van der Waals surface area contributed by atoms with Gasteiger partial charge < -0.3 is 15.6 Å². The highest BCUT2D eigenvalue weighted by Gasteiger charge is 2.15. The van der Waals surface area contributed by atoms with E-state index in [4.69, 9.17) is 22.0 Å². The van der Waals surface area contributed by atoms with E-state index in [1.807, 2.05) is 30.3 Å². The molecule has 4 heteroatoms. The quantitative estimate of drug-likeness (QED) is 0.659. The number of hydrogen-bond donors (Lipinski definition) is 2. The predicted molar refractivity (Wildman–Crippen MR) is 77.6 cm³/mol. The van der Waals surface area contributed by atoms with Crippen LogP contribution in [0.15, 0.2) is 42.5 Å². The molecule has 100 valence electrons. The van der Waals surface area contributed by atoms with E-state index in [1.165, 1.54) is 12.1 Å². The van der Waals surface area contributed by atoms with E-state index in [1.54, 1.807) is 0 Å². The molecule has 0 atom stereocenters. The molecule has 4 nitrogen and oxygen atoms in total. The summed E-state index contributed by atoms with van der Waals surface area (Å²) >= 11 is 0. The van der Waals surface area contributed by atoms with Crippen LogP contribution in [0, 0.1) is 12.3 Å². The first-order valence-electron chi connectivity index (χ1n) is 5.92. The number of aromatic carboxylic acids is 1. The molecule has 0 aromatic heterocycles. The highest BCUT2D eigenvalue weighted by molar-refractivity contribution is 5.93. The van der Waals surface area contributed by atoms with Crippen molar-refractivity contribution in [3.05, 3.63) is 48.0 Å². The van der Waals surface area contributed by atoms with Crippen LogP contribution >= 0.6 is 0 Å². The van der Waals surface area contributed by atoms with Crippen LogP contribution in [-0.2, 0) is 0 Å². The first kappa shape index (κ1) is 13.5. The zero-order valence-corrected chi connectivity index (χ0v) is 10.7. The maximum Gasteiger partial charge on any atom is 0.335 e. The molecule has 0 bridgehead atoms. The summed E-state index contributed by atoms with van der Waals surface area (Å²) in [4.78, 5) is 11.1. The predicted octanol–water partition coefficient (Wildman–Crippen LogP) is 2.65. The van der Waals surface area contributed by atoms with Crippen LogP contribution in [0.25, 0.3) is 11.1 Å².